The van der Waals surface area contributed by atoms with E-state index in [1.165, 1.54) is 0 Å². The van der Waals surface area contributed by atoms with E-state index in [-0.39, 0.29) is 6.10 Å². The van der Waals surface area contributed by atoms with Crippen molar-refractivity contribution in [3.05, 3.63) is 35.9 Å². The Morgan fingerprint density at radius 3 is 2.43 bits per heavy atom. The van der Waals surface area contributed by atoms with Crippen LogP contribution in [-0.4, -0.2) is 62.1 Å². The van der Waals surface area contributed by atoms with E-state index in [1.54, 1.807) is 0 Å². The molecule has 0 radical (unpaired) electrons. The lowest BCUT2D eigenvalue weighted by Crippen LogP contribution is -2.37. The number of nitrogens with zero attached hydrogens (tertiary/aromatic N) is 4. The van der Waals surface area contributed by atoms with Gasteiger partial charge in [-0.05, 0) is 18.6 Å². The van der Waals surface area contributed by atoms with Crippen LogP contribution in [0.25, 0.3) is 0 Å². The van der Waals surface area contributed by atoms with Gasteiger partial charge in [0.15, 0.2) is 0 Å². The van der Waals surface area contributed by atoms with Crippen LogP contribution in [-0.2, 0) is 15.9 Å². The molecule has 2 fully saturated rings. The molecule has 0 bridgehead atoms. The molecule has 2 saturated heterocycles. The molecule has 1 aromatic carbocycles. The smallest absolute Gasteiger partial charge is 0.230 e. The summed E-state index contributed by atoms with van der Waals surface area (Å²) in [6.45, 7) is 5.43. The molecule has 1 aromatic heterocycles. The first-order valence-electron chi connectivity index (χ1n) is 10.2. The van der Waals surface area contributed by atoms with Crippen LogP contribution in [0, 0.1) is 0 Å². The number of para-hydroxylation sites is 1. The third-order valence-electron chi connectivity index (χ3n) is 5.59. The highest BCUT2D eigenvalue weighted by Crippen LogP contribution is 2.39. The molecule has 3 aliphatic heterocycles. The topological polar surface area (TPSA) is 60.0 Å². The number of hydrogen-bond donors (Lipinski definition) is 0. The number of aromatic nitrogens is 2. The zero-order valence-electron chi connectivity index (χ0n) is 16.0. The van der Waals surface area contributed by atoms with E-state index < -0.39 is 0 Å². The fourth-order valence-electron chi connectivity index (χ4n) is 4.03. The minimum Gasteiger partial charge on any atom is -0.474 e. The van der Waals surface area contributed by atoms with Crippen molar-refractivity contribution in [1.29, 1.82) is 0 Å². The van der Waals surface area contributed by atoms with E-state index >= 15 is 0 Å². The molecule has 7 heteroatoms. The number of morpholine rings is 1. The summed E-state index contributed by atoms with van der Waals surface area (Å²) in [7, 11) is 0. The predicted molar refractivity (Wildman–Crippen MR) is 107 cm³/mol. The summed E-state index contributed by atoms with van der Waals surface area (Å²) in [6, 6.07) is 10.4. The molecule has 0 atom stereocenters. The molecule has 5 rings (SSSR count). The van der Waals surface area contributed by atoms with Crippen molar-refractivity contribution in [2.45, 2.75) is 25.4 Å². The zero-order valence-corrected chi connectivity index (χ0v) is 16.0. The summed E-state index contributed by atoms with van der Waals surface area (Å²) in [5.41, 5.74) is 2.28. The first-order chi connectivity index (χ1) is 13.9. The van der Waals surface area contributed by atoms with E-state index in [1.807, 2.05) is 6.07 Å². The second kappa shape index (κ2) is 7.93. The summed E-state index contributed by atoms with van der Waals surface area (Å²) in [6.07, 6.45) is 2.88. The maximum atomic E-state index is 6.40. The average molecular weight is 382 g/mol. The summed E-state index contributed by atoms with van der Waals surface area (Å²) in [5, 5.41) is 0. The molecule has 0 spiro atoms. The lowest BCUT2D eigenvalue weighted by molar-refractivity contribution is 0.0233. The van der Waals surface area contributed by atoms with Crippen molar-refractivity contribution in [3.8, 4) is 5.88 Å². The minimum absolute atomic E-state index is 0.163. The van der Waals surface area contributed by atoms with Crippen LogP contribution in [0.15, 0.2) is 30.3 Å². The Balaban J connectivity index is 1.51. The molecular formula is C21H26N4O3. The molecule has 3 aliphatic rings. The van der Waals surface area contributed by atoms with Crippen molar-refractivity contribution >= 4 is 17.5 Å². The Bertz CT molecular complexity index is 805. The lowest BCUT2D eigenvalue weighted by Gasteiger charge is -2.29. The number of anilines is 3. The molecule has 4 heterocycles. The standard InChI is InChI=1S/C21H26N4O3/c1-2-4-16(5-3-1)25-9-6-18-19(25)22-21(24-10-14-27-15-11-24)23-20(18)28-17-7-12-26-13-8-17/h1-5,17H,6-15H2. The Kier molecular flexibility index (Phi) is 5.01. The molecule has 0 unspecified atom stereocenters. The van der Waals surface area contributed by atoms with Gasteiger partial charge in [0.25, 0.3) is 0 Å². The Hall–Kier alpha value is -2.38. The Morgan fingerprint density at radius 2 is 1.64 bits per heavy atom. The van der Waals surface area contributed by atoms with Crippen LogP contribution in [0.1, 0.15) is 18.4 Å². The van der Waals surface area contributed by atoms with Gasteiger partial charge in [-0.3, -0.25) is 0 Å². The van der Waals surface area contributed by atoms with E-state index in [0.29, 0.717) is 13.2 Å². The van der Waals surface area contributed by atoms with Gasteiger partial charge in [0.05, 0.1) is 32.0 Å². The largest absolute Gasteiger partial charge is 0.474 e. The maximum absolute atomic E-state index is 6.40. The van der Waals surface area contributed by atoms with Crippen molar-refractivity contribution in [2.24, 2.45) is 0 Å². The van der Waals surface area contributed by atoms with Gasteiger partial charge < -0.3 is 24.0 Å². The highest BCUT2D eigenvalue weighted by molar-refractivity contribution is 5.69. The van der Waals surface area contributed by atoms with E-state index in [9.17, 15) is 0 Å². The Labute approximate surface area is 165 Å². The average Bonchev–Trinajstić information content (AvgIpc) is 3.20. The molecule has 148 valence electrons. The molecule has 0 N–H and O–H groups in total. The van der Waals surface area contributed by atoms with Crippen LogP contribution >= 0.6 is 0 Å². The number of hydrogen-bond acceptors (Lipinski definition) is 7. The molecular weight excluding hydrogens is 356 g/mol. The molecule has 28 heavy (non-hydrogen) atoms. The van der Waals surface area contributed by atoms with Gasteiger partial charge in [0.1, 0.15) is 11.9 Å². The third-order valence-corrected chi connectivity index (χ3v) is 5.59. The number of fused-ring (bicyclic) bond motifs is 1. The van der Waals surface area contributed by atoms with Crippen LogP contribution in [0.3, 0.4) is 0 Å². The minimum atomic E-state index is 0.163. The van der Waals surface area contributed by atoms with Gasteiger partial charge in [-0.15, -0.1) is 0 Å². The van der Waals surface area contributed by atoms with Crippen molar-refractivity contribution in [1.82, 2.24) is 9.97 Å². The summed E-state index contributed by atoms with van der Waals surface area (Å²) < 4.78 is 17.4. The second-order valence-corrected chi connectivity index (χ2v) is 7.40. The number of rotatable bonds is 4. The molecule has 7 nitrogen and oxygen atoms in total. The fourth-order valence-corrected chi connectivity index (χ4v) is 4.03. The fraction of sp³-hybridized carbons (Fsp3) is 0.524. The highest BCUT2D eigenvalue weighted by atomic mass is 16.5. The summed E-state index contributed by atoms with van der Waals surface area (Å²) in [5.74, 6) is 2.47. The Morgan fingerprint density at radius 1 is 0.893 bits per heavy atom. The molecule has 2 aromatic rings. The SMILES string of the molecule is c1ccc(N2CCc3c(OC4CCOCC4)nc(N4CCOCC4)nc32)cc1. The summed E-state index contributed by atoms with van der Waals surface area (Å²) >= 11 is 0. The quantitative estimate of drug-likeness (QED) is 0.805. The van der Waals surface area contributed by atoms with Gasteiger partial charge in [0.2, 0.25) is 11.8 Å². The van der Waals surface area contributed by atoms with Crippen LogP contribution < -0.4 is 14.5 Å². The first kappa shape index (κ1) is 17.7. The van der Waals surface area contributed by atoms with Crippen molar-refractivity contribution in [2.75, 3.05) is 55.9 Å². The zero-order chi connectivity index (χ0) is 18.8. The predicted octanol–water partition coefficient (Wildman–Crippen LogP) is 2.57. The second-order valence-electron chi connectivity index (χ2n) is 7.40. The van der Waals surface area contributed by atoms with Gasteiger partial charge in [-0.25, -0.2) is 0 Å². The van der Waals surface area contributed by atoms with Gasteiger partial charge in [-0.2, -0.15) is 9.97 Å². The first-order valence-corrected chi connectivity index (χ1v) is 10.2. The van der Waals surface area contributed by atoms with Crippen molar-refractivity contribution in [3.63, 3.8) is 0 Å². The number of benzene rings is 1. The van der Waals surface area contributed by atoms with E-state index in [0.717, 1.165) is 81.0 Å². The van der Waals surface area contributed by atoms with Gasteiger partial charge in [-0.1, -0.05) is 18.2 Å². The monoisotopic (exact) mass is 382 g/mol. The van der Waals surface area contributed by atoms with Gasteiger partial charge >= 0.3 is 0 Å². The normalized spacial score (nSPS) is 20.3. The highest BCUT2D eigenvalue weighted by Gasteiger charge is 2.30. The van der Waals surface area contributed by atoms with Gasteiger partial charge in [0, 0.05) is 38.2 Å². The lowest BCUT2D eigenvalue weighted by atomic mass is 10.1. The molecule has 0 saturated carbocycles. The molecule has 0 aliphatic carbocycles. The maximum Gasteiger partial charge on any atom is 0.230 e. The van der Waals surface area contributed by atoms with Crippen LogP contribution in [0.4, 0.5) is 17.5 Å². The van der Waals surface area contributed by atoms with Crippen LogP contribution in [0.5, 0.6) is 5.88 Å². The molecule has 0 amide bonds. The third kappa shape index (κ3) is 3.52. The summed E-state index contributed by atoms with van der Waals surface area (Å²) in [4.78, 5) is 14.3. The van der Waals surface area contributed by atoms with E-state index in [2.05, 4.69) is 34.1 Å². The van der Waals surface area contributed by atoms with Crippen molar-refractivity contribution < 1.29 is 14.2 Å². The number of ether oxygens (including phenoxy) is 3. The van der Waals surface area contributed by atoms with E-state index in [4.69, 9.17) is 24.2 Å². The van der Waals surface area contributed by atoms with Crippen LogP contribution in [0.2, 0.25) is 0 Å².